The van der Waals surface area contributed by atoms with Crippen molar-refractivity contribution in [3.05, 3.63) is 29.1 Å². The van der Waals surface area contributed by atoms with Crippen molar-refractivity contribution in [1.29, 1.82) is 0 Å². The smallest absolute Gasteiger partial charge is 0.127 e. The molecule has 25 heavy (non-hydrogen) atoms. The lowest BCUT2D eigenvalue weighted by atomic mass is 10.1. The highest BCUT2D eigenvalue weighted by Crippen LogP contribution is 2.39. The van der Waals surface area contributed by atoms with Crippen molar-refractivity contribution in [2.24, 2.45) is 0 Å². The standard InChI is InChI=1S/C18H23N3OS3/c1-4-5-9-25(22)18-16(19)15-12(11-21(2)3)10-13(20-17(15)24-18)14-7-6-8-23-14/h6-8,10H,4-5,9,11,19H2,1-3H3. The molecule has 0 aliphatic rings. The second-order valence-electron chi connectivity index (χ2n) is 6.27. The fraction of sp³-hybridized carbons (Fsp3) is 0.389. The van der Waals surface area contributed by atoms with E-state index in [-0.39, 0.29) is 0 Å². The van der Waals surface area contributed by atoms with Crippen LogP contribution in [0, 0.1) is 0 Å². The lowest BCUT2D eigenvalue weighted by Crippen LogP contribution is -2.11. The van der Waals surface area contributed by atoms with Crippen molar-refractivity contribution in [2.45, 2.75) is 30.5 Å². The molecule has 7 heteroatoms. The predicted molar refractivity (Wildman–Crippen MR) is 111 cm³/mol. The van der Waals surface area contributed by atoms with E-state index in [1.807, 2.05) is 20.2 Å². The second-order valence-corrected chi connectivity index (χ2v) is 9.98. The number of hydrogen-bond donors (Lipinski definition) is 1. The molecule has 134 valence electrons. The molecule has 0 saturated heterocycles. The number of unbranched alkanes of at least 4 members (excludes halogenated alkanes) is 1. The highest BCUT2D eigenvalue weighted by Gasteiger charge is 2.20. The number of thiophene rings is 2. The number of fused-ring (bicyclic) bond motifs is 1. The monoisotopic (exact) mass is 393 g/mol. The third-order valence-electron chi connectivity index (χ3n) is 3.90. The number of nitrogens with zero attached hydrogens (tertiary/aromatic N) is 2. The quantitative estimate of drug-likeness (QED) is 0.638. The van der Waals surface area contributed by atoms with E-state index in [4.69, 9.17) is 10.7 Å². The van der Waals surface area contributed by atoms with E-state index >= 15 is 0 Å². The zero-order valence-corrected chi connectivity index (χ0v) is 17.2. The molecule has 2 N–H and O–H groups in total. The molecule has 0 fully saturated rings. The van der Waals surface area contributed by atoms with Gasteiger partial charge in [0.05, 0.1) is 27.1 Å². The highest BCUT2D eigenvalue weighted by atomic mass is 32.2. The molecule has 0 aromatic carbocycles. The number of hydrogen-bond acceptors (Lipinski definition) is 6. The van der Waals surface area contributed by atoms with Crippen LogP contribution < -0.4 is 5.73 Å². The van der Waals surface area contributed by atoms with Crippen LogP contribution >= 0.6 is 22.7 Å². The van der Waals surface area contributed by atoms with Crippen LogP contribution in [-0.2, 0) is 17.3 Å². The SMILES string of the molecule is CCCCS(=O)c1sc2nc(-c3cccs3)cc(CN(C)C)c2c1N. The zero-order valence-electron chi connectivity index (χ0n) is 14.7. The summed E-state index contributed by atoms with van der Waals surface area (Å²) >= 11 is 3.16. The van der Waals surface area contributed by atoms with Crippen LogP contribution in [0.15, 0.2) is 27.8 Å². The van der Waals surface area contributed by atoms with Crippen LogP contribution in [0.3, 0.4) is 0 Å². The summed E-state index contributed by atoms with van der Waals surface area (Å²) in [5, 5.41) is 3.03. The van der Waals surface area contributed by atoms with E-state index < -0.39 is 10.8 Å². The van der Waals surface area contributed by atoms with Gasteiger partial charge in [-0.3, -0.25) is 4.21 Å². The second kappa shape index (κ2) is 7.95. The lowest BCUT2D eigenvalue weighted by Gasteiger charge is -2.12. The van der Waals surface area contributed by atoms with Gasteiger partial charge in [0.1, 0.15) is 9.04 Å². The topological polar surface area (TPSA) is 59.2 Å². The van der Waals surface area contributed by atoms with Crippen molar-refractivity contribution in [1.82, 2.24) is 9.88 Å². The van der Waals surface area contributed by atoms with Gasteiger partial charge in [-0.2, -0.15) is 0 Å². The van der Waals surface area contributed by atoms with Gasteiger partial charge in [-0.15, -0.1) is 22.7 Å². The molecule has 0 saturated carbocycles. The third kappa shape index (κ3) is 3.95. The van der Waals surface area contributed by atoms with Gasteiger partial charge in [0.2, 0.25) is 0 Å². The Morgan fingerprint density at radius 3 is 2.80 bits per heavy atom. The molecule has 3 heterocycles. The molecule has 0 amide bonds. The number of nitrogens with two attached hydrogens (primary N) is 1. The maximum Gasteiger partial charge on any atom is 0.127 e. The van der Waals surface area contributed by atoms with E-state index in [1.54, 1.807) is 11.3 Å². The van der Waals surface area contributed by atoms with Crippen LogP contribution in [0.2, 0.25) is 0 Å². The van der Waals surface area contributed by atoms with E-state index in [9.17, 15) is 4.21 Å². The minimum Gasteiger partial charge on any atom is -0.396 e. The molecular weight excluding hydrogens is 370 g/mol. The van der Waals surface area contributed by atoms with Gasteiger partial charge in [-0.25, -0.2) is 4.98 Å². The van der Waals surface area contributed by atoms with Crippen molar-refractivity contribution in [2.75, 3.05) is 25.6 Å². The van der Waals surface area contributed by atoms with Gasteiger partial charge < -0.3 is 10.6 Å². The number of nitrogen functional groups attached to an aromatic ring is 1. The van der Waals surface area contributed by atoms with Crippen molar-refractivity contribution >= 4 is 49.4 Å². The first-order valence-electron chi connectivity index (χ1n) is 8.30. The molecule has 0 spiro atoms. The van der Waals surface area contributed by atoms with Gasteiger partial charge in [-0.05, 0) is 43.6 Å². The van der Waals surface area contributed by atoms with E-state index in [0.29, 0.717) is 11.4 Å². The fourth-order valence-electron chi connectivity index (χ4n) is 2.73. The van der Waals surface area contributed by atoms with Gasteiger partial charge in [-0.1, -0.05) is 19.4 Å². The third-order valence-corrected chi connectivity index (χ3v) is 7.78. The summed E-state index contributed by atoms with van der Waals surface area (Å²) < 4.78 is 13.4. The minimum absolute atomic E-state index is 0.650. The van der Waals surface area contributed by atoms with Gasteiger partial charge in [0.15, 0.2) is 0 Å². The molecule has 0 radical (unpaired) electrons. The number of aromatic nitrogens is 1. The first-order valence-corrected chi connectivity index (χ1v) is 11.3. The van der Waals surface area contributed by atoms with Gasteiger partial charge in [0, 0.05) is 17.7 Å². The Morgan fingerprint density at radius 2 is 2.16 bits per heavy atom. The summed E-state index contributed by atoms with van der Waals surface area (Å²) in [4.78, 5) is 8.98. The largest absolute Gasteiger partial charge is 0.396 e. The normalized spacial score (nSPS) is 13.0. The van der Waals surface area contributed by atoms with Gasteiger partial charge in [0.25, 0.3) is 0 Å². The Kier molecular flexibility index (Phi) is 5.89. The van der Waals surface area contributed by atoms with E-state index in [1.165, 1.54) is 11.3 Å². The van der Waals surface area contributed by atoms with Crippen molar-refractivity contribution in [3.63, 3.8) is 0 Å². The van der Waals surface area contributed by atoms with Crippen LogP contribution in [0.5, 0.6) is 0 Å². The number of rotatable bonds is 7. The summed E-state index contributed by atoms with van der Waals surface area (Å²) in [6.07, 6.45) is 1.97. The highest BCUT2D eigenvalue weighted by molar-refractivity contribution is 7.87. The first-order chi connectivity index (χ1) is 12.0. The Hall–Kier alpha value is -1.28. The van der Waals surface area contributed by atoms with Gasteiger partial charge >= 0.3 is 0 Å². The maximum atomic E-state index is 12.6. The molecule has 0 bridgehead atoms. The Bertz CT molecular complexity index is 885. The Balaban J connectivity index is 2.14. The fourth-order valence-corrected chi connectivity index (χ4v) is 6.24. The molecule has 1 unspecified atom stereocenters. The minimum atomic E-state index is -1.05. The number of anilines is 1. The molecule has 4 nitrogen and oxygen atoms in total. The Morgan fingerprint density at radius 1 is 1.36 bits per heavy atom. The van der Waals surface area contributed by atoms with Crippen LogP contribution in [0.1, 0.15) is 25.3 Å². The van der Waals surface area contributed by atoms with Crippen LogP contribution in [-0.4, -0.2) is 33.9 Å². The average Bonchev–Trinajstić information content (AvgIpc) is 3.20. The summed E-state index contributed by atoms with van der Waals surface area (Å²) in [5.41, 5.74) is 9.18. The first kappa shape index (κ1) is 18.5. The van der Waals surface area contributed by atoms with Crippen LogP contribution in [0.4, 0.5) is 5.69 Å². The molecule has 0 aliphatic heterocycles. The Labute approximate surface area is 159 Å². The zero-order chi connectivity index (χ0) is 18.0. The maximum absolute atomic E-state index is 12.6. The molecular formula is C18H23N3OS3. The van der Waals surface area contributed by atoms with Crippen LogP contribution in [0.25, 0.3) is 20.8 Å². The van der Waals surface area contributed by atoms with Crippen molar-refractivity contribution < 1.29 is 4.21 Å². The lowest BCUT2D eigenvalue weighted by molar-refractivity contribution is 0.404. The number of pyridine rings is 1. The average molecular weight is 394 g/mol. The summed E-state index contributed by atoms with van der Waals surface area (Å²) in [6.45, 7) is 2.88. The van der Waals surface area contributed by atoms with Crippen molar-refractivity contribution in [3.8, 4) is 10.6 Å². The van der Waals surface area contributed by atoms with E-state index in [0.717, 1.165) is 49.9 Å². The summed E-state index contributed by atoms with van der Waals surface area (Å²) in [6, 6.07) is 6.23. The summed E-state index contributed by atoms with van der Waals surface area (Å²) in [7, 11) is 3.03. The molecule has 3 aromatic rings. The molecule has 3 rings (SSSR count). The molecule has 3 aromatic heterocycles. The predicted octanol–water partition coefficient (Wildman–Crippen LogP) is 4.58. The summed E-state index contributed by atoms with van der Waals surface area (Å²) in [5.74, 6) is 0.661. The molecule has 0 aliphatic carbocycles. The molecule has 1 atom stereocenters. The van der Waals surface area contributed by atoms with E-state index in [2.05, 4.69) is 29.3 Å².